The number of benzene rings is 2. The number of ether oxygens (including phenoxy) is 1. The zero-order valence-electron chi connectivity index (χ0n) is 13.5. The Morgan fingerprint density at radius 1 is 1.28 bits per heavy atom. The molecule has 5 nitrogen and oxygen atoms in total. The number of amides is 1. The van der Waals surface area contributed by atoms with Gasteiger partial charge in [-0.1, -0.05) is 23.7 Å². The second-order valence-corrected chi connectivity index (χ2v) is 6.78. The third-order valence-corrected chi connectivity index (χ3v) is 4.86. The molecule has 7 heteroatoms. The number of carbonyl (C=O) groups excluding carboxylic acids is 1. The number of halogens is 1. The molecule has 1 heterocycles. The molecular formula is C18H15ClN2O3S. The first kappa shape index (κ1) is 17.4. The number of aromatic hydroxyl groups is 1. The first-order chi connectivity index (χ1) is 12.0. The van der Waals surface area contributed by atoms with Gasteiger partial charge in [0.15, 0.2) is 16.7 Å². The summed E-state index contributed by atoms with van der Waals surface area (Å²) >= 11 is 7.34. The fraction of sp³-hybridized carbons (Fsp3) is 0.111. The van der Waals surface area contributed by atoms with Gasteiger partial charge in [-0.05, 0) is 60.2 Å². The standard InChI is InChI=1S/C18H15ClN2O3S/c1-10-3-5-12(9-13(10)19)20-18-21-17(23)16(25-18)8-11-4-6-14(22)15(7-11)24-2/h3-9,22H,1-2H3,(H,20,21,23)/b16-8-. The van der Waals surface area contributed by atoms with Gasteiger partial charge in [0.05, 0.1) is 17.7 Å². The smallest absolute Gasteiger partial charge is 0.264 e. The van der Waals surface area contributed by atoms with Crippen LogP contribution in [0, 0.1) is 6.92 Å². The maximum Gasteiger partial charge on any atom is 0.264 e. The Kier molecular flexibility index (Phi) is 5.01. The van der Waals surface area contributed by atoms with Gasteiger partial charge in [-0.15, -0.1) is 0 Å². The van der Waals surface area contributed by atoms with Crippen LogP contribution in [0.2, 0.25) is 5.02 Å². The minimum Gasteiger partial charge on any atom is -0.504 e. The molecule has 25 heavy (non-hydrogen) atoms. The SMILES string of the molecule is COc1cc(/C=C2\SC(=Nc3ccc(C)c(Cl)c3)NC2=O)ccc1O. The molecule has 0 spiro atoms. The first-order valence-electron chi connectivity index (χ1n) is 7.39. The fourth-order valence-corrected chi connectivity index (χ4v) is 3.20. The molecule has 128 valence electrons. The summed E-state index contributed by atoms with van der Waals surface area (Å²) in [4.78, 5) is 17.0. The van der Waals surface area contributed by atoms with Crippen LogP contribution in [0.4, 0.5) is 5.69 Å². The van der Waals surface area contributed by atoms with Crippen LogP contribution >= 0.6 is 23.4 Å². The number of amidine groups is 1. The second kappa shape index (κ2) is 7.21. The van der Waals surface area contributed by atoms with Gasteiger partial charge in [0.25, 0.3) is 5.91 Å². The summed E-state index contributed by atoms with van der Waals surface area (Å²) in [6.07, 6.45) is 1.71. The highest BCUT2D eigenvalue weighted by Crippen LogP contribution is 2.32. The molecule has 0 bridgehead atoms. The zero-order valence-corrected chi connectivity index (χ0v) is 15.1. The average molecular weight is 375 g/mol. The third kappa shape index (κ3) is 3.97. The van der Waals surface area contributed by atoms with E-state index in [1.807, 2.05) is 19.1 Å². The Bertz CT molecular complexity index is 909. The van der Waals surface area contributed by atoms with Gasteiger partial charge in [0.2, 0.25) is 0 Å². The Morgan fingerprint density at radius 2 is 2.08 bits per heavy atom. The quantitative estimate of drug-likeness (QED) is 0.788. The van der Waals surface area contributed by atoms with Crippen molar-refractivity contribution in [1.82, 2.24) is 5.32 Å². The Hall–Kier alpha value is -2.44. The number of phenolic OH excluding ortho intramolecular Hbond substituents is 1. The minimum atomic E-state index is -0.228. The summed E-state index contributed by atoms with van der Waals surface area (Å²) in [5, 5.41) is 13.5. The molecule has 1 aliphatic heterocycles. The van der Waals surface area contributed by atoms with E-state index in [4.69, 9.17) is 16.3 Å². The van der Waals surface area contributed by atoms with E-state index in [2.05, 4.69) is 10.3 Å². The number of carbonyl (C=O) groups is 1. The zero-order chi connectivity index (χ0) is 18.0. The number of aliphatic imine (C=N–C) groups is 1. The predicted octanol–water partition coefficient (Wildman–Crippen LogP) is 4.25. The number of hydrogen-bond donors (Lipinski definition) is 2. The van der Waals surface area contributed by atoms with E-state index in [1.165, 1.54) is 24.9 Å². The van der Waals surface area contributed by atoms with Crippen LogP contribution in [-0.4, -0.2) is 23.3 Å². The lowest BCUT2D eigenvalue weighted by molar-refractivity contribution is -0.115. The highest BCUT2D eigenvalue weighted by molar-refractivity contribution is 8.18. The van der Waals surface area contributed by atoms with Crippen molar-refractivity contribution in [2.45, 2.75) is 6.92 Å². The summed E-state index contributed by atoms with van der Waals surface area (Å²) in [5.74, 6) is 0.168. The largest absolute Gasteiger partial charge is 0.504 e. The van der Waals surface area contributed by atoms with E-state index in [0.29, 0.717) is 26.5 Å². The Balaban J connectivity index is 1.84. The molecule has 0 saturated carbocycles. The molecule has 1 amide bonds. The van der Waals surface area contributed by atoms with Crippen LogP contribution in [0.3, 0.4) is 0 Å². The van der Waals surface area contributed by atoms with Gasteiger partial charge >= 0.3 is 0 Å². The molecule has 1 aliphatic rings. The number of nitrogens with zero attached hydrogens (tertiary/aromatic N) is 1. The van der Waals surface area contributed by atoms with Crippen LogP contribution < -0.4 is 10.1 Å². The molecule has 1 fully saturated rings. The minimum absolute atomic E-state index is 0.0478. The molecule has 0 atom stereocenters. The Labute approximate surface area is 154 Å². The maximum atomic E-state index is 12.1. The van der Waals surface area contributed by atoms with Gasteiger partial charge < -0.3 is 15.2 Å². The summed E-state index contributed by atoms with van der Waals surface area (Å²) in [5.41, 5.74) is 2.38. The molecule has 2 aromatic rings. The van der Waals surface area contributed by atoms with Crippen LogP contribution in [0.25, 0.3) is 6.08 Å². The molecular weight excluding hydrogens is 360 g/mol. The van der Waals surface area contributed by atoms with E-state index in [1.54, 1.807) is 24.3 Å². The number of rotatable bonds is 3. The van der Waals surface area contributed by atoms with Crippen LogP contribution in [0.15, 0.2) is 46.3 Å². The molecule has 2 aromatic carbocycles. The van der Waals surface area contributed by atoms with E-state index in [0.717, 1.165) is 11.1 Å². The summed E-state index contributed by atoms with van der Waals surface area (Å²) < 4.78 is 5.08. The summed E-state index contributed by atoms with van der Waals surface area (Å²) in [6, 6.07) is 10.4. The monoisotopic (exact) mass is 374 g/mol. The topological polar surface area (TPSA) is 70.9 Å². The molecule has 0 aromatic heterocycles. The molecule has 1 saturated heterocycles. The van der Waals surface area contributed by atoms with Crippen molar-refractivity contribution in [3.8, 4) is 11.5 Å². The number of thioether (sulfide) groups is 1. The fourth-order valence-electron chi connectivity index (χ4n) is 2.18. The number of nitrogens with one attached hydrogen (secondary N) is 1. The Morgan fingerprint density at radius 3 is 2.80 bits per heavy atom. The van der Waals surface area contributed by atoms with Crippen molar-refractivity contribution < 1.29 is 14.6 Å². The number of methoxy groups -OCH3 is 1. The number of hydrogen-bond acceptors (Lipinski definition) is 5. The molecule has 0 unspecified atom stereocenters. The maximum absolute atomic E-state index is 12.1. The highest BCUT2D eigenvalue weighted by atomic mass is 35.5. The lowest BCUT2D eigenvalue weighted by Gasteiger charge is -2.03. The van der Waals surface area contributed by atoms with Crippen LogP contribution in [-0.2, 0) is 4.79 Å². The van der Waals surface area contributed by atoms with Crippen molar-refractivity contribution in [2.24, 2.45) is 4.99 Å². The van der Waals surface area contributed by atoms with Gasteiger partial charge in [0.1, 0.15) is 0 Å². The average Bonchev–Trinajstić information content (AvgIpc) is 2.92. The van der Waals surface area contributed by atoms with Crippen molar-refractivity contribution in [3.05, 3.63) is 57.5 Å². The molecule has 0 aliphatic carbocycles. The van der Waals surface area contributed by atoms with Crippen molar-refractivity contribution in [2.75, 3.05) is 7.11 Å². The first-order valence-corrected chi connectivity index (χ1v) is 8.58. The third-order valence-electron chi connectivity index (χ3n) is 3.54. The van der Waals surface area contributed by atoms with E-state index < -0.39 is 0 Å². The van der Waals surface area contributed by atoms with Crippen molar-refractivity contribution in [3.63, 3.8) is 0 Å². The summed E-state index contributed by atoms with van der Waals surface area (Å²) in [7, 11) is 1.47. The van der Waals surface area contributed by atoms with Crippen molar-refractivity contribution >= 4 is 46.2 Å². The van der Waals surface area contributed by atoms with Crippen molar-refractivity contribution in [1.29, 1.82) is 0 Å². The van der Waals surface area contributed by atoms with Gasteiger partial charge in [0, 0.05) is 5.02 Å². The summed E-state index contributed by atoms with van der Waals surface area (Å²) in [6.45, 7) is 1.91. The van der Waals surface area contributed by atoms with E-state index in [9.17, 15) is 9.90 Å². The van der Waals surface area contributed by atoms with Crippen LogP contribution in [0.1, 0.15) is 11.1 Å². The number of aryl methyl sites for hydroxylation is 1. The lowest BCUT2D eigenvalue weighted by atomic mass is 10.2. The van der Waals surface area contributed by atoms with Crippen LogP contribution in [0.5, 0.6) is 11.5 Å². The molecule has 2 N–H and O–H groups in total. The normalized spacial score (nSPS) is 17.2. The lowest BCUT2D eigenvalue weighted by Crippen LogP contribution is -2.19. The molecule has 0 radical (unpaired) electrons. The molecule has 3 rings (SSSR count). The second-order valence-electron chi connectivity index (χ2n) is 5.35. The van der Waals surface area contributed by atoms with Gasteiger partial charge in [-0.3, -0.25) is 4.79 Å². The van der Waals surface area contributed by atoms with Gasteiger partial charge in [-0.2, -0.15) is 0 Å². The highest BCUT2D eigenvalue weighted by Gasteiger charge is 2.24. The van der Waals surface area contributed by atoms with E-state index in [-0.39, 0.29) is 11.7 Å². The van der Waals surface area contributed by atoms with Gasteiger partial charge in [-0.25, -0.2) is 4.99 Å². The number of phenols is 1. The van der Waals surface area contributed by atoms with E-state index >= 15 is 0 Å². The predicted molar refractivity (Wildman–Crippen MR) is 102 cm³/mol.